The monoisotopic (exact) mass is 735 g/mol. The summed E-state index contributed by atoms with van der Waals surface area (Å²) in [4.78, 5) is 51.4. The smallest absolute Gasteiger partial charge is 0.407 e. The van der Waals surface area contributed by atoms with Gasteiger partial charge in [-0.25, -0.2) is 9.59 Å². The van der Waals surface area contributed by atoms with Gasteiger partial charge < -0.3 is 35.3 Å². The largest absolute Gasteiger partial charge is 0.497 e. The number of carboxylic acids is 1. The van der Waals surface area contributed by atoms with Gasteiger partial charge in [-0.3, -0.25) is 9.59 Å². The molecule has 2 aliphatic carbocycles. The minimum Gasteiger partial charge on any atom is -0.497 e. The van der Waals surface area contributed by atoms with Crippen molar-refractivity contribution < 1.29 is 38.5 Å². The average molecular weight is 736 g/mol. The fourth-order valence-electron chi connectivity index (χ4n) is 6.83. The topological polar surface area (TPSA) is 157 Å². The number of benzene rings is 4. The number of Topliss-reactive ketones (excluding diaryl/α,β-unsaturated/α-hetero) is 1. The van der Waals surface area contributed by atoms with E-state index in [1.807, 2.05) is 42.5 Å². The van der Waals surface area contributed by atoms with E-state index >= 15 is 0 Å². The number of rotatable bonds is 12. The standard InChI is InChI=1S/C33H38N2O7.C10H11NO/c1-33(2,3)42-32(39)34-19-21-8-6-11-24(16-21)30(36)29(31(37)38)35(26-14-12-22-9-7-10-23(22)17-26)20-25-13-15-27(40-4)18-28(25)41-5;11-10(12)9-5-4-7-2-1-3-8(7)6-9/h6,8,11-18,29H,7,9-10,19-20H2,1-5H3,(H,34,39)(H,37,38);4-6H,1-3H2,(H2,11,12)/t29-;/m0./s1. The lowest BCUT2D eigenvalue weighted by Gasteiger charge is -2.31. The first-order valence-electron chi connectivity index (χ1n) is 18.1. The molecule has 0 saturated carbocycles. The molecule has 0 fully saturated rings. The quantitative estimate of drug-likeness (QED) is 0.105. The maximum Gasteiger partial charge on any atom is 0.407 e. The zero-order valence-corrected chi connectivity index (χ0v) is 31.6. The van der Waals surface area contributed by atoms with Crippen molar-refractivity contribution in [3.8, 4) is 11.5 Å². The Morgan fingerprint density at radius 3 is 2.09 bits per heavy atom. The normalized spacial score (nSPS) is 13.4. The van der Waals surface area contributed by atoms with Gasteiger partial charge in [0.05, 0.1) is 14.2 Å². The van der Waals surface area contributed by atoms with Gasteiger partial charge in [-0.2, -0.15) is 0 Å². The van der Waals surface area contributed by atoms with Crippen LogP contribution in [0.1, 0.15) is 87.7 Å². The number of aliphatic carboxylic acids is 1. The zero-order valence-electron chi connectivity index (χ0n) is 31.6. The Morgan fingerprint density at radius 1 is 0.796 bits per heavy atom. The molecular formula is C43H49N3O8. The van der Waals surface area contributed by atoms with E-state index in [2.05, 4.69) is 5.32 Å². The van der Waals surface area contributed by atoms with Crippen LogP contribution in [-0.2, 0) is 48.3 Å². The van der Waals surface area contributed by atoms with Gasteiger partial charge in [0.15, 0.2) is 11.8 Å². The first kappa shape index (κ1) is 39.4. The van der Waals surface area contributed by atoms with Gasteiger partial charge in [0.25, 0.3) is 0 Å². The lowest BCUT2D eigenvalue weighted by Crippen LogP contribution is -2.47. The summed E-state index contributed by atoms with van der Waals surface area (Å²) < 4.78 is 16.2. The number of fused-ring (bicyclic) bond motifs is 2. The van der Waals surface area contributed by atoms with E-state index in [-0.39, 0.29) is 24.6 Å². The van der Waals surface area contributed by atoms with E-state index in [1.54, 1.807) is 69.2 Å². The number of carbonyl (C=O) groups is 4. The van der Waals surface area contributed by atoms with Crippen LogP contribution in [0, 0.1) is 0 Å². The van der Waals surface area contributed by atoms with Crippen molar-refractivity contribution in [2.45, 2.75) is 84.0 Å². The summed E-state index contributed by atoms with van der Waals surface area (Å²) in [6.45, 7) is 5.53. The highest BCUT2D eigenvalue weighted by Gasteiger charge is 2.35. The third kappa shape index (κ3) is 9.97. The third-order valence-corrected chi connectivity index (χ3v) is 9.47. The molecule has 54 heavy (non-hydrogen) atoms. The third-order valence-electron chi connectivity index (χ3n) is 9.47. The SMILES string of the molecule is COc1ccc(CN(c2ccc3c(c2)CCC3)[C@H](C(=O)O)C(=O)c2cccc(CNC(=O)OC(C)(C)C)c2)c(OC)c1.NC(=O)c1ccc2c(c1)CCC2. The number of nitrogens with two attached hydrogens (primary N) is 1. The van der Waals surface area contributed by atoms with Gasteiger partial charge in [0.2, 0.25) is 5.91 Å². The van der Waals surface area contributed by atoms with E-state index in [0.29, 0.717) is 33.9 Å². The molecule has 6 rings (SSSR count). The summed E-state index contributed by atoms with van der Waals surface area (Å²) in [6, 6.07) is 22.0. The minimum absolute atomic E-state index is 0.106. The summed E-state index contributed by atoms with van der Waals surface area (Å²) in [5.74, 6) is -1.06. The molecule has 0 unspecified atom stereocenters. The highest BCUT2D eigenvalue weighted by atomic mass is 16.6. The Bertz CT molecular complexity index is 2020. The summed E-state index contributed by atoms with van der Waals surface area (Å²) in [5, 5.41) is 13.2. The highest BCUT2D eigenvalue weighted by molar-refractivity contribution is 6.14. The Balaban J connectivity index is 0.000000392. The summed E-state index contributed by atoms with van der Waals surface area (Å²) in [5.41, 5.74) is 12.4. The van der Waals surface area contributed by atoms with Crippen molar-refractivity contribution in [1.29, 1.82) is 0 Å². The van der Waals surface area contributed by atoms with E-state index in [4.69, 9.17) is 19.9 Å². The number of ether oxygens (including phenoxy) is 3. The molecule has 11 heteroatoms. The summed E-state index contributed by atoms with van der Waals surface area (Å²) in [6.07, 6.45) is 5.78. The van der Waals surface area contributed by atoms with Gasteiger partial charge in [0, 0.05) is 41.5 Å². The van der Waals surface area contributed by atoms with E-state index in [0.717, 1.165) is 37.7 Å². The molecule has 0 saturated heterocycles. The number of hydrogen-bond donors (Lipinski definition) is 3. The maximum absolute atomic E-state index is 14.0. The average Bonchev–Trinajstić information content (AvgIpc) is 3.82. The molecule has 4 aromatic rings. The molecule has 0 heterocycles. The van der Waals surface area contributed by atoms with Gasteiger partial charge in [0.1, 0.15) is 17.1 Å². The highest BCUT2D eigenvalue weighted by Crippen LogP contribution is 2.33. The Morgan fingerprint density at radius 2 is 1.46 bits per heavy atom. The van der Waals surface area contributed by atoms with Crippen molar-refractivity contribution in [3.63, 3.8) is 0 Å². The van der Waals surface area contributed by atoms with Crippen molar-refractivity contribution >= 4 is 29.4 Å². The fourth-order valence-corrected chi connectivity index (χ4v) is 6.83. The maximum atomic E-state index is 14.0. The van der Waals surface area contributed by atoms with E-state index < -0.39 is 29.5 Å². The number of hydrogen-bond acceptors (Lipinski definition) is 8. The molecule has 2 amide bonds. The lowest BCUT2D eigenvalue weighted by molar-refractivity contribution is -0.137. The molecule has 0 spiro atoms. The number of nitrogens with zero attached hydrogens (tertiary/aromatic N) is 1. The number of aryl methyl sites for hydroxylation is 4. The second kappa shape index (κ2) is 17.3. The predicted octanol–water partition coefficient (Wildman–Crippen LogP) is 6.83. The Hall–Kier alpha value is -5.84. The van der Waals surface area contributed by atoms with Crippen LogP contribution >= 0.6 is 0 Å². The second-order valence-corrected chi connectivity index (χ2v) is 14.5. The number of alkyl carbamates (subject to hydrolysis) is 1. The van der Waals surface area contributed by atoms with Crippen molar-refractivity contribution in [2.75, 3.05) is 19.1 Å². The summed E-state index contributed by atoms with van der Waals surface area (Å²) >= 11 is 0. The molecule has 284 valence electrons. The van der Waals surface area contributed by atoms with E-state index in [1.165, 1.54) is 30.2 Å². The van der Waals surface area contributed by atoms with Crippen LogP contribution in [0.2, 0.25) is 0 Å². The Labute approximate surface area is 316 Å². The lowest BCUT2D eigenvalue weighted by atomic mass is 9.98. The molecule has 11 nitrogen and oxygen atoms in total. The van der Waals surface area contributed by atoms with Crippen LogP contribution < -0.4 is 25.4 Å². The molecule has 0 aromatic heterocycles. The summed E-state index contributed by atoms with van der Waals surface area (Å²) in [7, 11) is 3.09. The number of ketones is 1. The first-order valence-corrected chi connectivity index (χ1v) is 18.1. The van der Waals surface area contributed by atoms with Crippen LogP contribution in [0.3, 0.4) is 0 Å². The molecule has 1 atom stereocenters. The number of primary amides is 1. The van der Waals surface area contributed by atoms with Crippen LogP contribution in [0.15, 0.2) is 78.9 Å². The van der Waals surface area contributed by atoms with Crippen LogP contribution in [-0.4, -0.2) is 54.7 Å². The second-order valence-electron chi connectivity index (χ2n) is 14.5. The number of carbonyl (C=O) groups excluding carboxylic acids is 3. The van der Waals surface area contributed by atoms with Gasteiger partial charge in [-0.15, -0.1) is 0 Å². The minimum atomic E-state index is -1.52. The molecule has 4 aromatic carbocycles. The number of amides is 2. The molecule has 0 bridgehead atoms. The first-order chi connectivity index (χ1) is 25.8. The predicted molar refractivity (Wildman–Crippen MR) is 206 cm³/mol. The van der Waals surface area contributed by atoms with Crippen LogP contribution in [0.4, 0.5) is 10.5 Å². The van der Waals surface area contributed by atoms with Gasteiger partial charge in [-0.1, -0.05) is 30.3 Å². The number of carboxylic acid groups (broad SMARTS) is 1. The Kier molecular flexibility index (Phi) is 12.6. The van der Waals surface area contributed by atoms with Crippen molar-refractivity contribution in [2.24, 2.45) is 5.73 Å². The van der Waals surface area contributed by atoms with E-state index in [9.17, 15) is 24.3 Å². The van der Waals surface area contributed by atoms with Gasteiger partial charge >= 0.3 is 12.1 Å². The van der Waals surface area contributed by atoms with Crippen LogP contribution in [0.5, 0.6) is 11.5 Å². The number of nitrogens with one attached hydrogen (secondary N) is 1. The molecule has 0 aliphatic heterocycles. The fraction of sp³-hybridized carbons (Fsp3) is 0.349. The van der Waals surface area contributed by atoms with Crippen molar-refractivity contribution in [3.05, 3.63) is 123 Å². The molecule has 0 radical (unpaired) electrons. The molecule has 2 aliphatic rings. The molecular weight excluding hydrogens is 686 g/mol. The van der Waals surface area contributed by atoms with Gasteiger partial charge in [-0.05, 0) is 130 Å². The molecule has 4 N–H and O–H groups in total. The van der Waals surface area contributed by atoms with Crippen LogP contribution in [0.25, 0.3) is 0 Å². The zero-order chi connectivity index (χ0) is 39.0. The van der Waals surface area contributed by atoms with Crippen molar-refractivity contribution in [1.82, 2.24) is 5.32 Å². The number of anilines is 1. The number of methoxy groups -OCH3 is 2.